The predicted octanol–water partition coefficient (Wildman–Crippen LogP) is 2.87. The molecule has 1 aromatic rings. The van der Waals surface area contributed by atoms with Crippen LogP contribution in [0.4, 0.5) is 0 Å². The highest BCUT2D eigenvalue weighted by Crippen LogP contribution is 2.34. The van der Waals surface area contributed by atoms with Gasteiger partial charge >= 0.3 is 0 Å². The number of nitrogens with one attached hydrogen (secondary N) is 1. The van der Waals surface area contributed by atoms with E-state index in [1.165, 1.54) is 5.56 Å². The molecule has 0 amide bonds. The van der Waals surface area contributed by atoms with Crippen LogP contribution in [0.25, 0.3) is 0 Å². The van der Waals surface area contributed by atoms with Crippen molar-refractivity contribution in [2.45, 2.75) is 31.7 Å². The molecule has 0 saturated carbocycles. The van der Waals surface area contributed by atoms with Crippen molar-refractivity contribution in [2.75, 3.05) is 20.8 Å². The molecule has 0 aromatic heterocycles. The summed E-state index contributed by atoms with van der Waals surface area (Å²) in [6.07, 6.45) is 0.687. The van der Waals surface area contributed by atoms with Gasteiger partial charge in [0.1, 0.15) is 5.75 Å². The molecule has 1 aliphatic heterocycles. The van der Waals surface area contributed by atoms with Crippen LogP contribution in [-0.4, -0.2) is 33.2 Å². The van der Waals surface area contributed by atoms with E-state index in [2.05, 4.69) is 34.2 Å². The molecule has 0 radical (unpaired) electrons. The van der Waals surface area contributed by atoms with Crippen molar-refractivity contribution >= 4 is 15.9 Å². The van der Waals surface area contributed by atoms with E-state index in [1.54, 1.807) is 14.2 Å². The maximum atomic E-state index is 5.68. The lowest BCUT2D eigenvalue weighted by molar-refractivity contribution is -0.121. The summed E-state index contributed by atoms with van der Waals surface area (Å²) in [4.78, 5) is 0. The lowest BCUT2D eigenvalue weighted by Gasteiger charge is -2.31. The minimum absolute atomic E-state index is 0.102. The van der Waals surface area contributed by atoms with Crippen molar-refractivity contribution < 1.29 is 14.2 Å². The van der Waals surface area contributed by atoms with Crippen molar-refractivity contribution in [3.8, 4) is 5.75 Å². The first-order valence-electron chi connectivity index (χ1n) is 6.39. The molecule has 0 bridgehead atoms. The van der Waals surface area contributed by atoms with Crippen molar-refractivity contribution in [3.63, 3.8) is 0 Å². The molecule has 0 fully saturated rings. The fourth-order valence-electron chi connectivity index (χ4n) is 2.44. The number of halogens is 1. The largest absolute Gasteiger partial charge is 0.493 e. The van der Waals surface area contributed by atoms with Gasteiger partial charge in [-0.1, -0.05) is 15.9 Å². The van der Waals surface area contributed by atoms with Gasteiger partial charge in [0.05, 0.1) is 12.6 Å². The Morgan fingerprint density at radius 2 is 2.11 bits per heavy atom. The zero-order chi connectivity index (χ0) is 13.8. The Morgan fingerprint density at radius 3 is 2.79 bits per heavy atom. The van der Waals surface area contributed by atoms with Crippen molar-refractivity contribution in [1.29, 1.82) is 0 Å². The molecule has 2 atom stereocenters. The van der Waals surface area contributed by atoms with Gasteiger partial charge in [0.15, 0.2) is 6.29 Å². The number of methoxy groups -OCH3 is 2. The summed E-state index contributed by atoms with van der Waals surface area (Å²) in [6.45, 7) is 2.79. The van der Waals surface area contributed by atoms with Crippen LogP contribution in [0.2, 0.25) is 0 Å². The maximum Gasteiger partial charge on any atom is 0.171 e. The van der Waals surface area contributed by atoms with E-state index in [0.29, 0.717) is 0 Å². The van der Waals surface area contributed by atoms with Gasteiger partial charge in [0, 0.05) is 36.7 Å². The Balaban J connectivity index is 2.13. The van der Waals surface area contributed by atoms with Crippen molar-refractivity contribution in [1.82, 2.24) is 5.32 Å². The minimum atomic E-state index is -0.251. The van der Waals surface area contributed by atoms with Crippen LogP contribution < -0.4 is 10.1 Å². The van der Waals surface area contributed by atoms with Gasteiger partial charge in [0.25, 0.3) is 0 Å². The van der Waals surface area contributed by atoms with E-state index in [-0.39, 0.29) is 18.4 Å². The summed E-state index contributed by atoms with van der Waals surface area (Å²) in [5, 5.41) is 3.55. The molecule has 2 unspecified atom stereocenters. The summed E-state index contributed by atoms with van der Waals surface area (Å²) in [5.74, 6) is 0.950. The van der Waals surface area contributed by atoms with E-state index >= 15 is 0 Å². The van der Waals surface area contributed by atoms with Crippen LogP contribution in [0.1, 0.15) is 24.9 Å². The Labute approximate surface area is 122 Å². The first-order chi connectivity index (χ1) is 9.15. The molecule has 0 aliphatic carbocycles. The average molecular weight is 330 g/mol. The Kier molecular flexibility index (Phi) is 5.21. The molecular weight excluding hydrogens is 310 g/mol. The topological polar surface area (TPSA) is 39.7 Å². The zero-order valence-electron chi connectivity index (χ0n) is 11.5. The Morgan fingerprint density at radius 1 is 1.37 bits per heavy atom. The van der Waals surface area contributed by atoms with Gasteiger partial charge in [-0.3, -0.25) is 0 Å². The fraction of sp³-hybridized carbons (Fsp3) is 0.571. The van der Waals surface area contributed by atoms with Crippen LogP contribution in [0.5, 0.6) is 5.75 Å². The molecule has 106 valence electrons. The number of hydrogen-bond donors (Lipinski definition) is 1. The SMILES string of the molecule is COC(OC)C(C)NC1CCOc2ccc(Br)cc21. The van der Waals surface area contributed by atoms with Crippen LogP contribution in [0.3, 0.4) is 0 Å². The minimum Gasteiger partial charge on any atom is -0.493 e. The number of fused-ring (bicyclic) bond motifs is 1. The lowest BCUT2D eigenvalue weighted by atomic mass is 10.00. The highest BCUT2D eigenvalue weighted by molar-refractivity contribution is 9.10. The molecule has 1 N–H and O–H groups in total. The number of rotatable bonds is 5. The maximum absolute atomic E-state index is 5.68. The number of ether oxygens (including phenoxy) is 3. The predicted molar refractivity (Wildman–Crippen MR) is 77.4 cm³/mol. The third-order valence-electron chi connectivity index (χ3n) is 3.35. The highest BCUT2D eigenvalue weighted by Gasteiger charge is 2.25. The van der Waals surface area contributed by atoms with Crippen molar-refractivity contribution in [3.05, 3.63) is 28.2 Å². The van der Waals surface area contributed by atoms with E-state index in [4.69, 9.17) is 14.2 Å². The third-order valence-corrected chi connectivity index (χ3v) is 3.84. The van der Waals surface area contributed by atoms with E-state index in [1.807, 2.05) is 12.1 Å². The molecule has 4 nitrogen and oxygen atoms in total. The standard InChI is InChI=1S/C14H20BrNO3/c1-9(14(17-2)18-3)16-12-6-7-19-13-5-4-10(15)8-11(12)13/h4-5,8-9,12,14,16H,6-7H2,1-3H3. The van der Waals surface area contributed by atoms with Crippen molar-refractivity contribution in [2.24, 2.45) is 0 Å². The molecule has 1 aliphatic rings. The highest BCUT2D eigenvalue weighted by atomic mass is 79.9. The van der Waals surface area contributed by atoms with Gasteiger partial charge in [0.2, 0.25) is 0 Å². The van der Waals surface area contributed by atoms with Crippen LogP contribution in [0, 0.1) is 0 Å². The molecule has 0 spiro atoms. The molecule has 19 heavy (non-hydrogen) atoms. The molecule has 5 heteroatoms. The Hall–Kier alpha value is -0.620. The average Bonchev–Trinajstić information content (AvgIpc) is 2.41. The third kappa shape index (κ3) is 3.48. The second-order valence-corrected chi connectivity index (χ2v) is 5.58. The van der Waals surface area contributed by atoms with Gasteiger partial charge in [-0.2, -0.15) is 0 Å². The molecular formula is C14H20BrNO3. The van der Waals surface area contributed by atoms with Crippen LogP contribution >= 0.6 is 15.9 Å². The first kappa shape index (κ1) is 14.8. The zero-order valence-corrected chi connectivity index (χ0v) is 13.1. The van der Waals surface area contributed by atoms with Gasteiger partial charge in [-0.15, -0.1) is 0 Å². The smallest absolute Gasteiger partial charge is 0.171 e. The lowest BCUT2D eigenvalue weighted by Crippen LogP contribution is -2.42. The second kappa shape index (κ2) is 6.70. The van der Waals surface area contributed by atoms with Crippen LogP contribution in [-0.2, 0) is 9.47 Å². The molecule has 1 aromatic carbocycles. The van der Waals surface area contributed by atoms with Gasteiger partial charge in [-0.25, -0.2) is 0 Å². The first-order valence-corrected chi connectivity index (χ1v) is 7.19. The van der Waals surface area contributed by atoms with E-state index < -0.39 is 0 Å². The van der Waals surface area contributed by atoms with E-state index in [0.717, 1.165) is 23.2 Å². The summed E-state index contributed by atoms with van der Waals surface area (Å²) in [7, 11) is 3.31. The summed E-state index contributed by atoms with van der Waals surface area (Å²) < 4.78 is 17.3. The summed E-state index contributed by atoms with van der Waals surface area (Å²) in [5.41, 5.74) is 1.18. The van der Waals surface area contributed by atoms with Gasteiger partial charge < -0.3 is 19.5 Å². The second-order valence-electron chi connectivity index (χ2n) is 4.67. The normalized spacial score (nSPS) is 19.9. The van der Waals surface area contributed by atoms with Crippen LogP contribution in [0.15, 0.2) is 22.7 Å². The number of hydrogen-bond acceptors (Lipinski definition) is 4. The molecule has 0 saturated heterocycles. The quantitative estimate of drug-likeness (QED) is 0.843. The number of benzene rings is 1. The van der Waals surface area contributed by atoms with E-state index in [9.17, 15) is 0 Å². The van der Waals surface area contributed by atoms with Gasteiger partial charge in [-0.05, 0) is 25.1 Å². The summed E-state index contributed by atoms with van der Waals surface area (Å²) >= 11 is 3.51. The molecule has 2 rings (SSSR count). The summed E-state index contributed by atoms with van der Waals surface area (Å²) in [6, 6.07) is 6.46. The monoisotopic (exact) mass is 329 g/mol. The fourth-order valence-corrected chi connectivity index (χ4v) is 2.82. The Bertz CT molecular complexity index is 423. The molecule has 1 heterocycles.